The number of anilines is 1. The summed E-state index contributed by atoms with van der Waals surface area (Å²) < 4.78 is 16.3. The SMILES string of the molecule is COc1ccc(OC)c(NC(=O)COC(=O)CSc2ccc(Br)cc2C)c1. The zero-order valence-corrected chi connectivity index (χ0v) is 17.6. The third-order valence-electron chi connectivity index (χ3n) is 3.53. The molecule has 1 N–H and O–H groups in total. The molecule has 144 valence electrons. The summed E-state index contributed by atoms with van der Waals surface area (Å²) in [5.74, 6) is 0.258. The van der Waals surface area contributed by atoms with Crippen LogP contribution in [0.25, 0.3) is 0 Å². The van der Waals surface area contributed by atoms with Gasteiger partial charge in [-0.1, -0.05) is 15.9 Å². The Kier molecular flexibility index (Phi) is 7.99. The van der Waals surface area contributed by atoms with Crippen molar-refractivity contribution in [3.8, 4) is 11.5 Å². The van der Waals surface area contributed by atoms with Crippen molar-refractivity contribution in [3.63, 3.8) is 0 Å². The molecule has 2 aromatic rings. The number of carbonyl (C=O) groups is 2. The van der Waals surface area contributed by atoms with Gasteiger partial charge in [0.15, 0.2) is 6.61 Å². The van der Waals surface area contributed by atoms with Crippen LogP contribution >= 0.6 is 27.7 Å². The first-order valence-electron chi connectivity index (χ1n) is 7.99. The zero-order valence-electron chi connectivity index (χ0n) is 15.2. The second-order valence-electron chi connectivity index (χ2n) is 5.47. The first kappa shape index (κ1) is 21.1. The quantitative estimate of drug-likeness (QED) is 0.479. The topological polar surface area (TPSA) is 73.9 Å². The number of carbonyl (C=O) groups excluding carboxylic acids is 2. The summed E-state index contributed by atoms with van der Waals surface area (Å²) in [6.45, 7) is 1.59. The predicted molar refractivity (Wildman–Crippen MR) is 109 cm³/mol. The second-order valence-corrected chi connectivity index (χ2v) is 7.41. The summed E-state index contributed by atoms with van der Waals surface area (Å²) in [4.78, 5) is 24.9. The first-order valence-corrected chi connectivity index (χ1v) is 9.77. The highest BCUT2D eigenvalue weighted by Gasteiger charge is 2.12. The van der Waals surface area contributed by atoms with Crippen LogP contribution < -0.4 is 14.8 Å². The van der Waals surface area contributed by atoms with E-state index in [1.807, 2.05) is 25.1 Å². The van der Waals surface area contributed by atoms with Crippen molar-refractivity contribution < 1.29 is 23.8 Å². The van der Waals surface area contributed by atoms with Gasteiger partial charge < -0.3 is 19.5 Å². The minimum Gasteiger partial charge on any atom is -0.497 e. The lowest BCUT2D eigenvalue weighted by atomic mass is 10.2. The molecule has 0 saturated carbocycles. The fourth-order valence-corrected chi connectivity index (χ4v) is 3.48. The standard InChI is InChI=1S/C19H20BrNO5S/c1-12-8-13(20)4-7-17(12)27-11-19(23)26-10-18(22)21-15-9-14(24-2)5-6-16(15)25-3/h4-9H,10-11H2,1-3H3,(H,21,22). The number of hydrogen-bond acceptors (Lipinski definition) is 6. The Labute approximate surface area is 170 Å². The van der Waals surface area contributed by atoms with E-state index in [0.717, 1.165) is 14.9 Å². The lowest BCUT2D eigenvalue weighted by Crippen LogP contribution is -2.22. The first-order chi connectivity index (χ1) is 12.9. The number of halogens is 1. The Balaban J connectivity index is 1.83. The van der Waals surface area contributed by atoms with Gasteiger partial charge >= 0.3 is 5.97 Å². The van der Waals surface area contributed by atoms with Crippen molar-refractivity contribution in [2.45, 2.75) is 11.8 Å². The van der Waals surface area contributed by atoms with E-state index in [4.69, 9.17) is 14.2 Å². The highest BCUT2D eigenvalue weighted by Crippen LogP contribution is 2.29. The van der Waals surface area contributed by atoms with E-state index in [-0.39, 0.29) is 12.4 Å². The third-order valence-corrected chi connectivity index (χ3v) is 5.17. The summed E-state index contributed by atoms with van der Waals surface area (Å²) in [6, 6.07) is 10.8. The van der Waals surface area contributed by atoms with Crippen molar-refractivity contribution in [3.05, 3.63) is 46.4 Å². The van der Waals surface area contributed by atoms with Gasteiger partial charge in [0, 0.05) is 15.4 Å². The number of ether oxygens (including phenoxy) is 3. The third kappa shape index (κ3) is 6.48. The molecule has 0 fully saturated rings. The molecule has 0 heterocycles. The summed E-state index contributed by atoms with van der Waals surface area (Å²) in [5.41, 5.74) is 1.50. The molecule has 0 aliphatic carbocycles. The molecule has 0 aliphatic rings. The Morgan fingerprint density at radius 2 is 1.89 bits per heavy atom. The number of thioether (sulfide) groups is 1. The van der Waals surface area contributed by atoms with Crippen LogP contribution in [-0.2, 0) is 14.3 Å². The fourth-order valence-electron chi connectivity index (χ4n) is 2.20. The molecule has 0 radical (unpaired) electrons. The van der Waals surface area contributed by atoms with Crippen LogP contribution in [0.1, 0.15) is 5.56 Å². The van der Waals surface area contributed by atoms with E-state index < -0.39 is 11.9 Å². The van der Waals surface area contributed by atoms with Crippen molar-refractivity contribution in [1.29, 1.82) is 0 Å². The molecular weight excluding hydrogens is 434 g/mol. The van der Waals surface area contributed by atoms with Gasteiger partial charge in [0.05, 0.1) is 25.7 Å². The Morgan fingerprint density at radius 3 is 2.56 bits per heavy atom. The van der Waals surface area contributed by atoms with Gasteiger partial charge in [-0.25, -0.2) is 0 Å². The monoisotopic (exact) mass is 453 g/mol. The highest BCUT2D eigenvalue weighted by atomic mass is 79.9. The van der Waals surface area contributed by atoms with E-state index in [0.29, 0.717) is 17.2 Å². The molecule has 8 heteroatoms. The lowest BCUT2D eigenvalue weighted by Gasteiger charge is -2.12. The molecule has 0 atom stereocenters. The Morgan fingerprint density at radius 1 is 1.11 bits per heavy atom. The van der Waals surface area contributed by atoms with Crippen LogP contribution in [0.2, 0.25) is 0 Å². The molecular formula is C19H20BrNO5S. The van der Waals surface area contributed by atoms with Crippen LogP contribution in [0.5, 0.6) is 11.5 Å². The summed E-state index contributed by atoms with van der Waals surface area (Å²) >= 11 is 4.77. The molecule has 27 heavy (non-hydrogen) atoms. The van der Waals surface area contributed by atoms with Crippen molar-refractivity contribution >= 4 is 45.3 Å². The van der Waals surface area contributed by atoms with Gasteiger partial charge in [0.2, 0.25) is 0 Å². The normalized spacial score (nSPS) is 10.2. The van der Waals surface area contributed by atoms with E-state index in [1.54, 1.807) is 18.2 Å². The molecule has 0 aromatic heterocycles. The number of nitrogens with one attached hydrogen (secondary N) is 1. The minimum atomic E-state index is -0.463. The number of amides is 1. The second kappa shape index (κ2) is 10.2. The van der Waals surface area contributed by atoms with E-state index in [9.17, 15) is 9.59 Å². The van der Waals surface area contributed by atoms with Crippen LogP contribution in [0.4, 0.5) is 5.69 Å². The van der Waals surface area contributed by atoms with E-state index in [2.05, 4.69) is 21.2 Å². The van der Waals surface area contributed by atoms with Gasteiger partial charge in [0.25, 0.3) is 5.91 Å². The van der Waals surface area contributed by atoms with Gasteiger partial charge in [-0.05, 0) is 42.8 Å². The largest absolute Gasteiger partial charge is 0.497 e. The molecule has 6 nitrogen and oxygen atoms in total. The molecule has 0 bridgehead atoms. The van der Waals surface area contributed by atoms with E-state index in [1.165, 1.54) is 26.0 Å². The summed E-state index contributed by atoms with van der Waals surface area (Å²) in [7, 11) is 3.03. The smallest absolute Gasteiger partial charge is 0.316 e. The Hall–Kier alpha value is -2.19. The number of esters is 1. The number of methoxy groups -OCH3 is 2. The van der Waals surface area contributed by atoms with E-state index >= 15 is 0 Å². The maximum Gasteiger partial charge on any atom is 0.316 e. The van der Waals surface area contributed by atoms with Crippen molar-refractivity contribution in [2.75, 3.05) is 31.9 Å². The number of rotatable bonds is 8. The van der Waals surface area contributed by atoms with Crippen molar-refractivity contribution in [1.82, 2.24) is 0 Å². The zero-order chi connectivity index (χ0) is 19.8. The number of benzene rings is 2. The van der Waals surface area contributed by atoms with Crippen LogP contribution in [0, 0.1) is 6.92 Å². The maximum absolute atomic E-state index is 12.1. The Bertz CT molecular complexity index is 828. The fraction of sp³-hybridized carbons (Fsp3) is 0.263. The molecule has 2 rings (SSSR count). The maximum atomic E-state index is 12.1. The van der Waals surface area contributed by atoms with Gasteiger partial charge in [-0.3, -0.25) is 9.59 Å². The van der Waals surface area contributed by atoms with Gasteiger partial charge in [0.1, 0.15) is 11.5 Å². The highest BCUT2D eigenvalue weighted by molar-refractivity contribution is 9.10. The molecule has 0 saturated heterocycles. The van der Waals surface area contributed by atoms with Crippen LogP contribution in [-0.4, -0.2) is 38.5 Å². The average molecular weight is 454 g/mol. The van der Waals surface area contributed by atoms with Crippen molar-refractivity contribution in [2.24, 2.45) is 0 Å². The molecule has 0 unspecified atom stereocenters. The number of hydrogen-bond donors (Lipinski definition) is 1. The molecule has 2 aromatic carbocycles. The van der Waals surface area contributed by atoms with Crippen LogP contribution in [0.15, 0.2) is 45.8 Å². The van der Waals surface area contributed by atoms with Gasteiger partial charge in [-0.15, -0.1) is 11.8 Å². The predicted octanol–water partition coefficient (Wildman–Crippen LogP) is 4.05. The molecule has 0 spiro atoms. The minimum absolute atomic E-state index is 0.123. The summed E-state index contributed by atoms with van der Waals surface area (Å²) in [5, 5.41) is 2.65. The lowest BCUT2D eigenvalue weighted by molar-refractivity contribution is -0.144. The number of aryl methyl sites for hydroxylation is 1. The molecule has 0 aliphatic heterocycles. The van der Waals surface area contributed by atoms with Crippen LogP contribution in [0.3, 0.4) is 0 Å². The average Bonchev–Trinajstić information content (AvgIpc) is 2.65. The molecule has 1 amide bonds. The van der Waals surface area contributed by atoms with Gasteiger partial charge in [-0.2, -0.15) is 0 Å². The summed E-state index contributed by atoms with van der Waals surface area (Å²) in [6.07, 6.45) is 0.